The summed E-state index contributed by atoms with van der Waals surface area (Å²) in [6.45, 7) is 0. The third-order valence-corrected chi connectivity index (χ3v) is 7.23. The zero-order valence-electron chi connectivity index (χ0n) is 17.5. The number of aryl methyl sites for hydroxylation is 1. The lowest BCUT2D eigenvalue weighted by atomic mass is 9.80. The van der Waals surface area contributed by atoms with Gasteiger partial charge in [0.1, 0.15) is 23.3 Å². The number of carbonyl (C=O) groups excluding carboxylic acids is 1. The van der Waals surface area contributed by atoms with E-state index in [4.69, 9.17) is 4.74 Å². The Morgan fingerprint density at radius 2 is 1.88 bits per heavy atom. The van der Waals surface area contributed by atoms with Crippen molar-refractivity contribution in [3.8, 4) is 5.69 Å². The van der Waals surface area contributed by atoms with Crippen molar-refractivity contribution in [1.29, 1.82) is 0 Å². The number of aromatic nitrogens is 1. The van der Waals surface area contributed by atoms with Gasteiger partial charge >= 0.3 is 0 Å². The number of halogens is 1. The summed E-state index contributed by atoms with van der Waals surface area (Å²) < 4.78 is 22.0. The summed E-state index contributed by atoms with van der Waals surface area (Å²) in [6, 6.07) is 16.6. The molecule has 0 radical (unpaired) electrons. The number of fused-ring (bicyclic) bond motifs is 1. The summed E-state index contributed by atoms with van der Waals surface area (Å²) >= 11 is 6.44. The third-order valence-electron chi connectivity index (χ3n) is 7.23. The molecule has 1 unspecified atom stereocenters. The first-order chi connectivity index (χ1) is 15.6. The highest BCUT2D eigenvalue weighted by molar-refractivity contribution is 8.59. The van der Waals surface area contributed by atoms with Gasteiger partial charge in [-0.1, -0.05) is 24.3 Å². The first-order valence-corrected chi connectivity index (χ1v) is 12.3. The van der Waals surface area contributed by atoms with Gasteiger partial charge in [0.15, 0.2) is 0 Å². The molecule has 0 N–H and O–H groups in total. The Hall–Kier alpha value is -2.28. The minimum Gasteiger partial charge on any atom is -0.357 e. The lowest BCUT2D eigenvalue weighted by Crippen LogP contribution is -2.27. The van der Waals surface area contributed by atoms with E-state index in [-0.39, 0.29) is 17.0 Å². The number of hydrogen-bond donors (Lipinski definition) is 2. The number of thiol groups is 2. The van der Waals surface area contributed by atoms with E-state index >= 15 is 0 Å². The van der Waals surface area contributed by atoms with E-state index in [1.165, 1.54) is 29.0 Å². The molecule has 3 aliphatic rings. The van der Waals surface area contributed by atoms with E-state index < -0.39 is 0 Å². The van der Waals surface area contributed by atoms with Crippen molar-refractivity contribution in [2.24, 2.45) is 0 Å². The minimum absolute atomic E-state index is 0.107. The highest BCUT2D eigenvalue weighted by Gasteiger charge is 2.74. The van der Waals surface area contributed by atoms with Gasteiger partial charge in [-0.3, -0.25) is 4.79 Å². The molecule has 0 bridgehead atoms. The smallest absolute Gasteiger partial charge is 0.150 e. The second-order valence-electron chi connectivity index (χ2n) is 8.66. The molecule has 1 aliphatic heterocycles. The van der Waals surface area contributed by atoms with Crippen molar-refractivity contribution in [2.75, 3.05) is 0 Å². The molecule has 2 atom stereocenters. The Morgan fingerprint density at radius 1 is 1.09 bits per heavy atom. The molecular weight excluding hydrogens is 441 g/mol. The van der Waals surface area contributed by atoms with Crippen molar-refractivity contribution in [2.45, 2.75) is 43.3 Å². The molecule has 164 valence electrons. The van der Waals surface area contributed by atoms with Crippen LogP contribution in [0, 0.1) is 5.82 Å². The zero-order chi connectivity index (χ0) is 22.3. The summed E-state index contributed by atoms with van der Waals surface area (Å²) in [6.07, 6.45) is 10.1. The van der Waals surface area contributed by atoms with E-state index in [1.807, 2.05) is 36.4 Å². The van der Waals surface area contributed by atoms with Crippen molar-refractivity contribution in [1.82, 2.24) is 4.57 Å². The van der Waals surface area contributed by atoms with E-state index in [9.17, 15) is 9.18 Å². The molecule has 6 rings (SSSR count). The van der Waals surface area contributed by atoms with Crippen LogP contribution < -0.4 is 0 Å². The fourth-order valence-electron chi connectivity index (χ4n) is 5.61. The molecule has 1 aromatic heterocycles. The molecule has 32 heavy (non-hydrogen) atoms. The van der Waals surface area contributed by atoms with Crippen LogP contribution in [-0.4, -0.2) is 22.1 Å². The second kappa shape index (κ2) is 8.25. The van der Waals surface area contributed by atoms with Crippen LogP contribution in [0.25, 0.3) is 11.8 Å². The van der Waals surface area contributed by atoms with E-state index in [2.05, 4.69) is 46.2 Å². The van der Waals surface area contributed by atoms with Crippen LogP contribution in [0.15, 0.2) is 66.4 Å². The van der Waals surface area contributed by atoms with Gasteiger partial charge in [-0.25, -0.2) is 4.39 Å². The zero-order valence-corrected chi connectivity index (χ0v) is 19.3. The number of hydrogen-bond acceptors (Lipinski definition) is 4. The molecule has 2 heterocycles. The Bertz CT molecular complexity index is 1200. The van der Waals surface area contributed by atoms with Gasteiger partial charge in [0.05, 0.1) is 0 Å². The maximum atomic E-state index is 13.3. The summed E-state index contributed by atoms with van der Waals surface area (Å²) in [5.74, 6) is -0.222. The number of carbonyl (C=O) groups is 1. The van der Waals surface area contributed by atoms with Crippen LogP contribution in [-0.2, 0) is 17.6 Å². The molecule has 6 heteroatoms. The van der Waals surface area contributed by atoms with Gasteiger partial charge in [-0.15, -0.1) is 23.3 Å². The quantitative estimate of drug-likeness (QED) is 0.208. The number of rotatable bonds is 5. The van der Waals surface area contributed by atoms with E-state index in [0.717, 1.165) is 55.2 Å². The molecule has 1 spiro atoms. The average molecular weight is 466 g/mol. The highest BCUT2D eigenvalue weighted by atomic mass is 33.1. The first-order valence-electron chi connectivity index (χ1n) is 10.7. The van der Waals surface area contributed by atoms with E-state index in [0.29, 0.717) is 0 Å². The highest BCUT2D eigenvalue weighted by Crippen LogP contribution is 2.67. The van der Waals surface area contributed by atoms with Crippen LogP contribution in [0.1, 0.15) is 46.4 Å². The topological polar surface area (TPSA) is 34.5 Å². The average Bonchev–Trinajstić information content (AvgIpc) is 3.11. The predicted octanol–water partition coefficient (Wildman–Crippen LogP) is 6.06. The lowest BCUT2D eigenvalue weighted by Gasteiger charge is -2.21. The monoisotopic (exact) mass is 465 g/mol. The SMILES string of the molecule is O=Cc1ccccc1CC[C@]12CCC3=Cc4c(ccn4-c4ccc(F)cc4)CC31O2.SS. The van der Waals surface area contributed by atoms with Crippen molar-refractivity contribution >= 4 is 35.7 Å². The van der Waals surface area contributed by atoms with Crippen molar-refractivity contribution in [3.63, 3.8) is 0 Å². The van der Waals surface area contributed by atoms with Crippen molar-refractivity contribution < 1.29 is 13.9 Å². The van der Waals surface area contributed by atoms with Gasteiger partial charge in [-0.05, 0) is 78.8 Å². The Balaban J connectivity index is 0.00000105. The van der Waals surface area contributed by atoms with Crippen LogP contribution >= 0.6 is 23.3 Å². The normalized spacial score (nSPS) is 24.4. The maximum Gasteiger partial charge on any atom is 0.150 e. The summed E-state index contributed by atoms with van der Waals surface area (Å²) in [5, 5.41) is 0. The summed E-state index contributed by atoms with van der Waals surface area (Å²) in [4.78, 5) is 11.4. The molecule has 2 aliphatic carbocycles. The molecule has 3 nitrogen and oxygen atoms in total. The van der Waals surface area contributed by atoms with Gasteiger partial charge < -0.3 is 9.30 Å². The number of ether oxygens (including phenoxy) is 1. The number of aldehydes is 1. The molecule has 2 aromatic carbocycles. The second-order valence-corrected chi connectivity index (χ2v) is 8.66. The minimum atomic E-state index is -0.222. The molecule has 3 aromatic rings. The predicted molar refractivity (Wildman–Crippen MR) is 131 cm³/mol. The first kappa shape index (κ1) is 21.6. The van der Waals surface area contributed by atoms with E-state index in [1.54, 1.807) is 0 Å². The van der Waals surface area contributed by atoms with Gasteiger partial charge in [0.25, 0.3) is 0 Å². The lowest BCUT2D eigenvalue weighted by molar-refractivity contribution is 0.112. The van der Waals surface area contributed by atoms with Gasteiger partial charge in [0.2, 0.25) is 0 Å². The molecule has 1 saturated heterocycles. The summed E-state index contributed by atoms with van der Waals surface area (Å²) in [5.41, 5.74) is 6.40. The maximum absolute atomic E-state index is 13.3. The fraction of sp³-hybridized carbons (Fsp3) is 0.269. The number of benzene rings is 2. The Morgan fingerprint density at radius 3 is 2.66 bits per heavy atom. The standard InChI is InChI=1S/C26H22FNO2.H2S2/c27-22-5-7-23(8-6-22)28-14-11-19-16-26-21(15-24(19)28)10-13-25(26,30-26)12-9-18-3-1-2-4-20(18)17-29;1-2/h1-8,11,14-15,17H,9-10,12-13,16H2;1-2H/t25-,26?;/m0./s1. The largest absolute Gasteiger partial charge is 0.357 e. The van der Waals surface area contributed by atoms with Crippen LogP contribution in [0.5, 0.6) is 0 Å². The molecule has 1 saturated carbocycles. The van der Waals surface area contributed by atoms with Crippen molar-refractivity contribution in [3.05, 3.63) is 94.6 Å². The number of nitrogens with zero attached hydrogens (tertiary/aromatic N) is 1. The third kappa shape index (κ3) is 3.28. The Kier molecular flexibility index (Phi) is 5.56. The Labute approximate surface area is 197 Å². The van der Waals surface area contributed by atoms with Crippen LogP contribution in [0.3, 0.4) is 0 Å². The number of epoxide rings is 1. The van der Waals surface area contributed by atoms with Crippen LogP contribution in [0.4, 0.5) is 4.39 Å². The molecule has 2 fully saturated rings. The molecule has 0 amide bonds. The molecular formula is C26H24FNO2S2. The van der Waals surface area contributed by atoms with Gasteiger partial charge in [0, 0.05) is 29.6 Å². The fourth-order valence-corrected chi connectivity index (χ4v) is 5.61. The van der Waals surface area contributed by atoms with Crippen LogP contribution in [0.2, 0.25) is 0 Å². The van der Waals surface area contributed by atoms with Gasteiger partial charge in [-0.2, -0.15) is 0 Å². The summed E-state index contributed by atoms with van der Waals surface area (Å²) in [7, 11) is 0.